The largest absolute Gasteiger partial charge is 0.460 e. The first kappa shape index (κ1) is 14.1. The van der Waals surface area contributed by atoms with Crippen LogP contribution in [0.4, 0.5) is 0 Å². The van der Waals surface area contributed by atoms with Crippen molar-refractivity contribution >= 4 is 5.97 Å². The summed E-state index contributed by atoms with van der Waals surface area (Å²) in [4.78, 5) is 11.7. The number of carbonyl (C=O) groups excluding carboxylic acids is 1. The second kappa shape index (κ2) is 4.97. The van der Waals surface area contributed by atoms with Crippen LogP contribution in [0.2, 0.25) is 0 Å². The van der Waals surface area contributed by atoms with E-state index in [1.165, 1.54) is 5.56 Å². The molecular formula is C16H22O3. The molecule has 0 saturated carbocycles. The third-order valence-corrected chi connectivity index (χ3v) is 3.26. The summed E-state index contributed by atoms with van der Waals surface area (Å²) in [5.41, 5.74) is 1.98. The second-order valence-corrected chi connectivity index (χ2v) is 6.51. The van der Waals surface area contributed by atoms with Gasteiger partial charge < -0.3 is 9.47 Å². The van der Waals surface area contributed by atoms with Gasteiger partial charge in [0.15, 0.2) is 0 Å². The number of ether oxygens (including phenoxy) is 2. The highest BCUT2D eigenvalue weighted by atomic mass is 16.6. The van der Waals surface area contributed by atoms with Crippen LogP contribution in [0.3, 0.4) is 0 Å². The fourth-order valence-corrected chi connectivity index (χ4v) is 2.14. The first-order valence-corrected chi connectivity index (χ1v) is 6.68. The summed E-state index contributed by atoms with van der Waals surface area (Å²) in [6.45, 7) is 9.39. The van der Waals surface area contributed by atoms with Crippen molar-refractivity contribution in [1.29, 1.82) is 0 Å². The van der Waals surface area contributed by atoms with Crippen LogP contribution >= 0.6 is 0 Å². The summed E-state index contributed by atoms with van der Waals surface area (Å²) in [6, 6.07) is 8.18. The fourth-order valence-electron chi connectivity index (χ4n) is 2.14. The molecule has 1 aliphatic heterocycles. The van der Waals surface area contributed by atoms with Gasteiger partial charge in [-0.2, -0.15) is 0 Å². The minimum Gasteiger partial charge on any atom is -0.460 e. The van der Waals surface area contributed by atoms with Crippen molar-refractivity contribution < 1.29 is 14.3 Å². The van der Waals surface area contributed by atoms with E-state index in [1.54, 1.807) is 0 Å². The Morgan fingerprint density at radius 1 is 1.26 bits per heavy atom. The predicted octanol–water partition coefficient (Wildman–Crippen LogP) is 2.86. The number of benzene rings is 1. The summed E-state index contributed by atoms with van der Waals surface area (Å²) in [5, 5.41) is 0. The van der Waals surface area contributed by atoms with Crippen LogP contribution in [-0.2, 0) is 26.1 Å². The van der Waals surface area contributed by atoms with Gasteiger partial charge in [-0.05, 0) is 31.9 Å². The Kier molecular flexibility index (Phi) is 3.68. The monoisotopic (exact) mass is 262 g/mol. The van der Waals surface area contributed by atoms with Crippen LogP contribution in [0.25, 0.3) is 0 Å². The maximum atomic E-state index is 11.7. The van der Waals surface area contributed by atoms with Gasteiger partial charge in [0.25, 0.3) is 0 Å². The second-order valence-electron chi connectivity index (χ2n) is 6.51. The molecule has 0 N–H and O–H groups in total. The molecule has 104 valence electrons. The Morgan fingerprint density at radius 3 is 2.26 bits per heavy atom. The molecule has 0 aromatic heterocycles. The molecule has 0 amide bonds. The Labute approximate surface area is 114 Å². The molecule has 1 heterocycles. The number of carbonyl (C=O) groups is 1. The number of rotatable bonds is 3. The number of hydrogen-bond donors (Lipinski definition) is 0. The first-order chi connectivity index (χ1) is 8.78. The molecule has 19 heavy (non-hydrogen) atoms. The Balaban J connectivity index is 1.97. The summed E-state index contributed by atoms with van der Waals surface area (Å²) < 4.78 is 10.6. The third-order valence-electron chi connectivity index (χ3n) is 3.26. The molecule has 1 aromatic carbocycles. The van der Waals surface area contributed by atoms with E-state index < -0.39 is 5.60 Å². The maximum absolute atomic E-state index is 11.7. The third kappa shape index (κ3) is 3.57. The van der Waals surface area contributed by atoms with Crippen LogP contribution in [0.1, 0.15) is 38.8 Å². The van der Waals surface area contributed by atoms with Gasteiger partial charge in [0.05, 0.1) is 19.6 Å². The first-order valence-electron chi connectivity index (χ1n) is 6.68. The molecule has 0 aliphatic carbocycles. The molecule has 0 atom stereocenters. The minimum atomic E-state index is -0.423. The lowest BCUT2D eigenvalue weighted by atomic mass is 9.80. The van der Waals surface area contributed by atoms with E-state index in [0.29, 0.717) is 6.42 Å². The average molecular weight is 262 g/mol. The van der Waals surface area contributed by atoms with Crippen LogP contribution in [-0.4, -0.2) is 24.8 Å². The van der Waals surface area contributed by atoms with Crippen molar-refractivity contribution in [1.82, 2.24) is 0 Å². The van der Waals surface area contributed by atoms with E-state index in [4.69, 9.17) is 9.47 Å². The van der Waals surface area contributed by atoms with E-state index in [9.17, 15) is 4.79 Å². The lowest BCUT2D eigenvalue weighted by Crippen LogP contribution is -2.43. The Hall–Kier alpha value is -1.35. The van der Waals surface area contributed by atoms with Crippen LogP contribution < -0.4 is 0 Å². The molecule has 1 aromatic rings. The quantitative estimate of drug-likeness (QED) is 0.786. The SMILES string of the molecule is CC(C)(C)OC(=O)Cc1ccc(C2(C)COC2)cc1. The maximum Gasteiger partial charge on any atom is 0.310 e. The van der Waals surface area contributed by atoms with Crippen molar-refractivity contribution in [2.75, 3.05) is 13.2 Å². The van der Waals surface area contributed by atoms with Crippen LogP contribution in [0.5, 0.6) is 0 Å². The van der Waals surface area contributed by atoms with Crippen molar-refractivity contribution in [3.05, 3.63) is 35.4 Å². The van der Waals surface area contributed by atoms with Gasteiger partial charge in [0, 0.05) is 5.41 Å². The lowest BCUT2D eigenvalue weighted by molar-refractivity contribution is -0.153. The van der Waals surface area contributed by atoms with Crippen molar-refractivity contribution in [2.45, 2.75) is 45.1 Å². The highest BCUT2D eigenvalue weighted by molar-refractivity contribution is 5.73. The van der Waals surface area contributed by atoms with E-state index >= 15 is 0 Å². The van der Waals surface area contributed by atoms with Crippen molar-refractivity contribution in [3.63, 3.8) is 0 Å². The molecule has 1 fully saturated rings. The Bertz CT molecular complexity index is 450. The zero-order valence-electron chi connectivity index (χ0n) is 12.2. The molecule has 3 nitrogen and oxygen atoms in total. The highest BCUT2D eigenvalue weighted by Gasteiger charge is 2.34. The van der Waals surface area contributed by atoms with Crippen molar-refractivity contribution in [2.24, 2.45) is 0 Å². The normalized spacial score (nSPS) is 17.7. The molecule has 0 unspecified atom stereocenters. The zero-order chi connectivity index (χ0) is 14.1. The average Bonchev–Trinajstić information content (AvgIpc) is 2.24. The van der Waals surface area contributed by atoms with E-state index in [0.717, 1.165) is 18.8 Å². The zero-order valence-corrected chi connectivity index (χ0v) is 12.2. The molecule has 0 bridgehead atoms. The van der Waals surface area contributed by atoms with Gasteiger partial charge in [0.2, 0.25) is 0 Å². The van der Waals surface area contributed by atoms with Crippen molar-refractivity contribution in [3.8, 4) is 0 Å². The molecule has 1 saturated heterocycles. The van der Waals surface area contributed by atoms with Gasteiger partial charge >= 0.3 is 5.97 Å². The van der Waals surface area contributed by atoms with Crippen LogP contribution in [0, 0.1) is 0 Å². The van der Waals surface area contributed by atoms with E-state index in [2.05, 4.69) is 19.1 Å². The molecule has 1 aliphatic rings. The summed E-state index contributed by atoms with van der Waals surface area (Å²) >= 11 is 0. The summed E-state index contributed by atoms with van der Waals surface area (Å²) in [5.74, 6) is -0.182. The smallest absolute Gasteiger partial charge is 0.310 e. The highest BCUT2D eigenvalue weighted by Crippen LogP contribution is 2.31. The molecule has 3 heteroatoms. The topological polar surface area (TPSA) is 35.5 Å². The van der Waals surface area contributed by atoms with E-state index in [1.807, 2.05) is 32.9 Å². The number of esters is 1. The summed E-state index contributed by atoms with van der Waals surface area (Å²) in [7, 11) is 0. The number of hydrogen-bond acceptors (Lipinski definition) is 3. The Morgan fingerprint density at radius 2 is 1.84 bits per heavy atom. The minimum absolute atomic E-state index is 0.143. The lowest BCUT2D eigenvalue weighted by Gasteiger charge is -2.38. The van der Waals surface area contributed by atoms with E-state index in [-0.39, 0.29) is 11.4 Å². The standard InChI is InChI=1S/C16H22O3/c1-15(2,3)19-14(17)9-12-5-7-13(8-6-12)16(4)10-18-11-16/h5-8H,9-11H2,1-4H3. The fraction of sp³-hybridized carbons (Fsp3) is 0.562. The van der Waals surface area contributed by atoms with Gasteiger partial charge in [-0.25, -0.2) is 0 Å². The van der Waals surface area contributed by atoms with Crippen LogP contribution in [0.15, 0.2) is 24.3 Å². The van der Waals surface area contributed by atoms with Gasteiger partial charge in [0.1, 0.15) is 5.60 Å². The van der Waals surface area contributed by atoms with Gasteiger partial charge in [-0.3, -0.25) is 4.79 Å². The molecule has 0 spiro atoms. The predicted molar refractivity (Wildman–Crippen MR) is 74.2 cm³/mol. The summed E-state index contributed by atoms with van der Waals surface area (Å²) in [6.07, 6.45) is 0.324. The van der Waals surface area contributed by atoms with Gasteiger partial charge in [-0.15, -0.1) is 0 Å². The molecule has 2 rings (SSSR count). The van der Waals surface area contributed by atoms with Gasteiger partial charge in [-0.1, -0.05) is 31.2 Å². The molecule has 0 radical (unpaired) electrons. The molecular weight excluding hydrogens is 240 g/mol.